The predicted octanol–water partition coefficient (Wildman–Crippen LogP) is 9.11. The van der Waals surface area contributed by atoms with Crippen LogP contribution in [0, 0.1) is 0 Å². The van der Waals surface area contributed by atoms with Gasteiger partial charge >= 0.3 is 0 Å². The molecule has 0 fully saturated rings. The van der Waals surface area contributed by atoms with Crippen LogP contribution in [0.3, 0.4) is 0 Å². The van der Waals surface area contributed by atoms with Crippen molar-refractivity contribution in [2.75, 3.05) is 18.5 Å². The van der Waals surface area contributed by atoms with Crippen LogP contribution in [0.25, 0.3) is 0 Å². The van der Waals surface area contributed by atoms with Crippen LogP contribution in [-0.2, 0) is 0 Å². The smallest absolute Gasteiger partial charge is 0.0207 e. The van der Waals surface area contributed by atoms with Crippen molar-refractivity contribution in [3.8, 4) is 0 Å². The van der Waals surface area contributed by atoms with Crippen LogP contribution >= 0.6 is 35.6 Å². The van der Waals surface area contributed by atoms with Gasteiger partial charge in [-0.1, -0.05) is 80.1 Å². The lowest BCUT2D eigenvalue weighted by atomic mass is 10.0. The van der Waals surface area contributed by atoms with Crippen LogP contribution in [0.2, 0.25) is 0 Å². The van der Waals surface area contributed by atoms with Gasteiger partial charge in [0.15, 0.2) is 0 Å². The van der Waals surface area contributed by atoms with Crippen LogP contribution in [0.4, 0.5) is 0 Å². The average Bonchev–Trinajstić information content (AvgIpc) is 2.49. The molecule has 0 aromatic rings. The minimum Gasteiger partial charge on any atom is -0.132 e. The van der Waals surface area contributed by atoms with Crippen molar-refractivity contribution in [1.82, 2.24) is 0 Å². The van der Waals surface area contributed by atoms with E-state index in [1.54, 1.807) is 0 Å². The molecule has 3 unspecified atom stereocenters. The summed E-state index contributed by atoms with van der Waals surface area (Å²) in [4.78, 5) is 0. The van der Waals surface area contributed by atoms with E-state index >= 15 is 0 Å². The first-order valence-corrected chi connectivity index (χ1v) is 15.5. The highest BCUT2D eigenvalue weighted by molar-refractivity contribution is 7.57. The first-order valence-electron chi connectivity index (χ1n) is 11.9. The Bertz CT molecular complexity index is 303. The maximum atomic E-state index is 3.01. The van der Waals surface area contributed by atoms with Gasteiger partial charge in [0.1, 0.15) is 0 Å². The van der Waals surface area contributed by atoms with Gasteiger partial charge in [-0.05, 0) is 72.5 Å². The summed E-state index contributed by atoms with van der Waals surface area (Å²) in [5, 5.41) is 1.30. The van der Waals surface area contributed by atoms with E-state index in [2.05, 4.69) is 69.3 Å². The average molecular weight is 467 g/mol. The molecule has 0 amide bonds. The molecular formula is C24H54P4. The largest absolute Gasteiger partial charge is 0.132 e. The zero-order valence-corrected chi connectivity index (χ0v) is 24.6. The lowest BCUT2D eigenvalue weighted by molar-refractivity contribution is 0.568. The van der Waals surface area contributed by atoms with E-state index in [-0.39, 0.29) is 7.92 Å². The molecule has 0 aliphatic heterocycles. The summed E-state index contributed by atoms with van der Waals surface area (Å²) >= 11 is 0. The molecule has 0 rings (SSSR count). The highest BCUT2D eigenvalue weighted by Gasteiger charge is 2.13. The number of unbranched alkanes of at least 4 members (excludes halogenated alkanes) is 6. The first-order chi connectivity index (χ1) is 12.8. The molecule has 0 bridgehead atoms. The van der Waals surface area contributed by atoms with E-state index in [4.69, 9.17) is 0 Å². The monoisotopic (exact) mass is 466 g/mol. The molecule has 28 heavy (non-hydrogen) atoms. The van der Waals surface area contributed by atoms with Crippen LogP contribution < -0.4 is 0 Å². The van der Waals surface area contributed by atoms with E-state index < -0.39 is 0 Å². The summed E-state index contributed by atoms with van der Waals surface area (Å²) in [6, 6.07) is 0. The Hall–Kier alpha value is 1.72. The van der Waals surface area contributed by atoms with Gasteiger partial charge in [-0.15, -0.1) is 35.6 Å². The first kappa shape index (κ1) is 29.7. The maximum Gasteiger partial charge on any atom is -0.0207 e. The fraction of sp³-hybridized carbons (Fsp3) is 1.00. The number of hydrogen-bond donors (Lipinski definition) is 0. The molecule has 0 aliphatic rings. The van der Waals surface area contributed by atoms with E-state index in [9.17, 15) is 0 Å². The minimum atomic E-state index is 0.290. The van der Waals surface area contributed by atoms with Crippen LogP contribution in [0.1, 0.15) is 119 Å². The molecule has 3 atom stereocenters. The number of hydrogen-bond acceptors (Lipinski definition) is 0. The zero-order valence-electron chi connectivity index (χ0n) is 20.3. The predicted molar refractivity (Wildman–Crippen MR) is 148 cm³/mol. The van der Waals surface area contributed by atoms with Crippen molar-refractivity contribution in [3.05, 3.63) is 0 Å². The molecule has 0 saturated heterocycles. The van der Waals surface area contributed by atoms with Gasteiger partial charge < -0.3 is 0 Å². The second kappa shape index (κ2) is 15.5. The van der Waals surface area contributed by atoms with Gasteiger partial charge in [0.25, 0.3) is 0 Å². The van der Waals surface area contributed by atoms with Crippen molar-refractivity contribution in [1.29, 1.82) is 0 Å². The molecular weight excluding hydrogens is 412 g/mol. The molecule has 0 radical (unpaired) electrons. The topological polar surface area (TPSA) is 0 Å². The summed E-state index contributed by atoms with van der Waals surface area (Å²) in [5.41, 5.74) is 0. The van der Waals surface area contributed by atoms with E-state index in [0.717, 1.165) is 0 Å². The molecule has 0 N–H and O–H groups in total. The summed E-state index contributed by atoms with van der Waals surface area (Å²) in [6.07, 6.45) is 21.7. The van der Waals surface area contributed by atoms with Gasteiger partial charge in [-0.25, -0.2) is 0 Å². The third-order valence-corrected chi connectivity index (χ3v) is 9.10. The fourth-order valence-corrected chi connectivity index (χ4v) is 6.91. The fourth-order valence-electron chi connectivity index (χ4n) is 3.61. The summed E-state index contributed by atoms with van der Waals surface area (Å²) in [5.74, 6) is 0. The van der Waals surface area contributed by atoms with Crippen LogP contribution in [-0.4, -0.2) is 34.0 Å². The molecule has 0 nitrogen and oxygen atoms in total. The third kappa shape index (κ3) is 24.0. The Morgan fingerprint density at radius 3 is 0.893 bits per heavy atom. The summed E-state index contributed by atoms with van der Waals surface area (Å²) in [7, 11) is 9.31. The quantitative estimate of drug-likeness (QED) is 0.140. The second-order valence-electron chi connectivity index (χ2n) is 11.2. The van der Waals surface area contributed by atoms with E-state index in [1.165, 1.54) is 95.5 Å². The van der Waals surface area contributed by atoms with Crippen LogP contribution in [0.15, 0.2) is 0 Å². The second-order valence-corrected chi connectivity index (χ2v) is 18.6. The van der Waals surface area contributed by atoms with Gasteiger partial charge in [0.2, 0.25) is 0 Å². The molecule has 0 spiro atoms. The maximum absolute atomic E-state index is 3.01. The molecule has 0 aromatic heterocycles. The number of rotatable bonds is 18. The molecule has 170 valence electrons. The van der Waals surface area contributed by atoms with Crippen molar-refractivity contribution in [3.63, 3.8) is 0 Å². The highest BCUT2D eigenvalue weighted by Crippen LogP contribution is 2.40. The zero-order chi connectivity index (χ0) is 21.7. The Morgan fingerprint density at radius 1 is 0.429 bits per heavy atom. The third-order valence-electron chi connectivity index (χ3n) is 5.39. The van der Waals surface area contributed by atoms with Crippen molar-refractivity contribution >= 4 is 35.6 Å². The van der Waals surface area contributed by atoms with Gasteiger partial charge in [0.05, 0.1) is 0 Å². The Kier molecular flexibility index (Phi) is 16.5. The molecule has 0 saturated carbocycles. The molecule has 0 aliphatic carbocycles. The normalized spacial score (nSPS) is 13.5. The Morgan fingerprint density at radius 2 is 0.679 bits per heavy atom. The lowest BCUT2D eigenvalue weighted by Gasteiger charge is -2.21. The highest BCUT2D eigenvalue weighted by atomic mass is 31.1. The van der Waals surface area contributed by atoms with E-state index in [0.29, 0.717) is 15.5 Å². The van der Waals surface area contributed by atoms with Gasteiger partial charge in [-0.2, -0.15) is 0 Å². The molecule has 0 aromatic carbocycles. The summed E-state index contributed by atoms with van der Waals surface area (Å²) < 4.78 is 0. The van der Waals surface area contributed by atoms with Gasteiger partial charge in [0, 0.05) is 0 Å². The Labute approximate surface area is 188 Å². The van der Waals surface area contributed by atoms with Crippen molar-refractivity contribution in [2.24, 2.45) is 0 Å². The minimum absolute atomic E-state index is 0.290. The molecule has 4 heteroatoms. The summed E-state index contributed by atoms with van der Waals surface area (Å²) in [6.45, 7) is 14.1. The van der Waals surface area contributed by atoms with Crippen molar-refractivity contribution < 1.29 is 0 Å². The van der Waals surface area contributed by atoms with Crippen LogP contribution in [0.5, 0.6) is 0 Å². The standard InChI is InChI=1S/C24H54P4/c1-22(2,25)16-10-7-13-19-28(20-14-8-11-17-23(3,4)26)21-15-9-12-18-24(5,6)27/h7-21,25-27H2,1-6H3. The van der Waals surface area contributed by atoms with Crippen molar-refractivity contribution in [2.45, 2.75) is 134 Å². The Balaban J connectivity index is 4.08. The lowest BCUT2D eigenvalue weighted by Crippen LogP contribution is -2.09. The SMILES string of the molecule is CC(C)(P)CCCCCP(CCCCCC(C)(C)P)CCCCCC(C)(C)P. The van der Waals surface area contributed by atoms with E-state index in [1.807, 2.05) is 0 Å². The van der Waals surface area contributed by atoms with Gasteiger partial charge in [-0.3, -0.25) is 0 Å². The molecule has 0 heterocycles.